The van der Waals surface area contributed by atoms with E-state index in [0.717, 1.165) is 23.7 Å². The Hall–Kier alpha value is -0.120. The number of halogens is 2. The van der Waals surface area contributed by atoms with Gasteiger partial charge in [-0.2, -0.15) is 5.01 Å². The van der Waals surface area contributed by atoms with Gasteiger partial charge in [0, 0.05) is 24.0 Å². The fourth-order valence-corrected chi connectivity index (χ4v) is 8.77. The molecule has 11 unspecified atom stereocenters. The smallest absolute Gasteiger partial charge is 0.230 e. The van der Waals surface area contributed by atoms with Gasteiger partial charge in [0.1, 0.15) is 0 Å². The fraction of sp³-hybridized carbons (Fsp3) is 0.875. The number of allylic oxidation sites excluding steroid dienone is 1. The zero-order chi connectivity index (χ0) is 13.0. The molecule has 2 nitrogen and oxygen atoms in total. The average molecular weight is 293 g/mol. The summed E-state index contributed by atoms with van der Waals surface area (Å²) >= 11 is 6.52. The van der Waals surface area contributed by atoms with Crippen molar-refractivity contribution in [3.8, 4) is 0 Å². The first kappa shape index (κ1) is 10.6. The Bertz CT molecular complexity index is 577. The maximum absolute atomic E-state index is 15.5. The van der Waals surface area contributed by atoms with Gasteiger partial charge >= 0.3 is 0 Å². The van der Waals surface area contributed by atoms with Crippen LogP contribution in [0.1, 0.15) is 19.3 Å². The predicted octanol–water partition coefficient (Wildman–Crippen LogP) is 2.61. The van der Waals surface area contributed by atoms with E-state index in [4.69, 9.17) is 11.6 Å². The second kappa shape index (κ2) is 2.75. The van der Waals surface area contributed by atoms with Gasteiger partial charge in [0.15, 0.2) is 0 Å². The molecular weight excluding hydrogens is 275 g/mol. The van der Waals surface area contributed by atoms with Crippen molar-refractivity contribution in [2.75, 3.05) is 0 Å². The predicted molar refractivity (Wildman–Crippen MR) is 72.2 cm³/mol. The molecule has 9 aliphatic rings. The average Bonchev–Trinajstić information content (AvgIpc) is 3.06. The van der Waals surface area contributed by atoms with Crippen LogP contribution in [-0.2, 0) is 0 Å². The van der Waals surface area contributed by atoms with Gasteiger partial charge in [-0.1, -0.05) is 23.8 Å². The van der Waals surface area contributed by atoms with Gasteiger partial charge in [0.05, 0.1) is 0 Å². The molecule has 0 aromatic rings. The van der Waals surface area contributed by atoms with Crippen molar-refractivity contribution in [3.05, 3.63) is 12.2 Å². The number of fused-ring (bicyclic) bond motifs is 1. The highest BCUT2D eigenvalue weighted by Gasteiger charge is 2.85. The van der Waals surface area contributed by atoms with Gasteiger partial charge in [-0.15, -0.1) is 0 Å². The number of piperidine rings is 1. The molecule has 0 radical (unpaired) electrons. The Balaban J connectivity index is 1.56. The van der Waals surface area contributed by atoms with Crippen molar-refractivity contribution in [2.24, 2.45) is 41.4 Å². The summed E-state index contributed by atoms with van der Waals surface area (Å²) in [5, 5.41) is 2.95. The van der Waals surface area contributed by atoms with E-state index >= 15 is 4.39 Å². The van der Waals surface area contributed by atoms with Crippen LogP contribution in [-0.4, -0.2) is 33.4 Å². The molecule has 0 spiro atoms. The van der Waals surface area contributed by atoms with E-state index in [-0.39, 0.29) is 5.92 Å². The van der Waals surface area contributed by atoms with Gasteiger partial charge in [-0.05, 0) is 54.8 Å². The van der Waals surface area contributed by atoms with Crippen molar-refractivity contribution in [1.82, 2.24) is 10.0 Å². The number of nitrogens with zero attached hydrogens (tertiary/aromatic N) is 2. The van der Waals surface area contributed by atoms with Crippen LogP contribution in [0.4, 0.5) is 4.39 Å². The third-order valence-corrected chi connectivity index (χ3v) is 8.69. The third kappa shape index (κ3) is 0.742. The highest BCUT2D eigenvalue weighted by molar-refractivity contribution is 6.23. The molecule has 4 aliphatic heterocycles. The Labute approximate surface area is 122 Å². The van der Waals surface area contributed by atoms with Gasteiger partial charge in [-0.3, -0.25) is 0 Å². The molecule has 4 heterocycles. The van der Waals surface area contributed by atoms with Crippen LogP contribution in [0.15, 0.2) is 12.2 Å². The number of hydrogen-bond donors (Lipinski definition) is 0. The molecule has 5 aliphatic carbocycles. The Kier molecular flexibility index (Phi) is 1.45. The lowest BCUT2D eigenvalue weighted by Gasteiger charge is -2.67. The highest BCUT2D eigenvalue weighted by atomic mass is 35.5. The molecule has 0 amide bonds. The molecule has 9 rings (SSSR count). The summed E-state index contributed by atoms with van der Waals surface area (Å²) in [6.45, 7) is 0. The molecule has 4 saturated heterocycles. The van der Waals surface area contributed by atoms with E-state index in [1.54, 1.807) is 0 Å². The molecule has 0 aromatic heterocycles. The first-order valence-corrected chi connectivity index (χ1v) is 8.71. The van der Waals surface area contributed by atoms with E-state index in [1.807, 2.05) is 5.01 Å². The van der Waals surface area contributed by atoms with Gasteiger partial charge < -0.3 is 0 Å². The Morgan fingerprint density at radius 1 is 1.05 bits per heavy atom. The van der Waals surface area contributed by atoms with E-state index < -0.39 is 5.25 Å². The van der Waals surface area contributed by atoms with Crippen molar-refractivity contribution in [3.63, 3.8) is 0 Å². The summed E-state index contributed by atoms with van der Waals surface area (Å²) in [5.41, 5.74) is 0. The molecule has 20 heavy (non-hydrogen) atoms. The first-order chi connectivity index (χ1) is 9.71. The molecule has 7 bridgehead atoms. The summed E-state index contributed by atoms with van der Waals surface area (Å²) in [5.74, 6) is 4.33. The van der Waals surface area contributed by atoms with Crippen LogP contribution in [0.3, 0.4) is 0 Å². The van der Waals surface area contributed by atoms with Gasteiger partial charge in [0.2, 0.25) is 0 Å². The normalized spacial score (nSPS) is 74.5. The molecule has 0 N–H and O–H groups in total. The van der Waals surface area contributed by atoms with Crippen molar-refractivity contribution >= 4 is 11.6 Å². The minimum absolute atomic E-state index is 0.0909. The van der Waals surface area contributed by atoms with E-state index in [9.17, 15) is 0 Å². The van der Waals surface area contributed by atoms with E-state index in [0.29, 0.717) is 30.0 Å². The largest absolute Gasteiger partial charge is 0.256 e. The summed E-state index contributed by atoms with van der Waals surface area (Å²) in [6.07, 6.45) is 8.53. The summed E-state index contributed by atoms with van der Waals surface area (Å²) in [6, 6.07) is 1.41. The van der Waals surface area contributed by atoms with E-state index in [1.165, 1.54) is 19.3 Å². The maximum Gasteiger partial charge on any atom is 0.256 e. The monoisotopic (exact) mass is 292 g/mol. The minimum Gasteiger partial charge on any atom is -0.230 e. The summed E-state index contributed by atoms with van der Waals surface area (Å²) in [4.78, 5) is 0. The van der Waals surface area contributed by atoms with Crippen LogP contribution in [0.2, 0.25) is 0 Å². The lowest BCUT2D eigenvalue weighted by atomic mass is 9.45. The van der Waals surface area contributed by atoms with Crippen LogP contribution in [0, 0.1) is 41.4 Å². The molecule has 106 valence electrons. The van der Waals surface area contributed by atoms with Crippen LogP contribution in [0.25, 0.3) is 0 Å². The van der Waals surface area contributed by atoms with Gasteiger partial charge in [0.25, 0.3) is 5.25 Å². The highest BCUT2D eigenvalue weighted by Crippen LogP contribution is 2.77. The number of alkyl halides is 2. The number of hydrazine groups is 1. The Morgan fingerprint density at radius 3 is 2.75 bits per heavy atom. The van der Waals surface area contributed by atoms with Crippen LogP contribution in [0.5, 0.6) is 0 Å². The lowest BCUT2D eigenvalue weighted by Crippen LogP contribution is -2.76. The zero-order valence-electron chi connectivity index (χ0n) is 11.2. The Morgan fingerprint density at radius 2 is 1.85 bits per heavy atom. The molecule has 4 heteroatoms. The summed E-state index contributed by atoms with van der Waals surface area (Å²) in [7, 11) is 0. The van der Waals surface area contributed by atoms with E-state index in [2.05, 4.69) is 17.2 Å². The van der Waals surface area contributed by atoms with Crippen molar-refractivity contribution in [2.45, 2.75) is 42.6 Å². The minimum atomic E-state index is -1.58. The van der Waals surface area contributed by atoms with Crippen LogP contribution < -0.4 is 0 Å². The fourth-order valence-electron chi connectivity index (χ4n) is 8.28. The number of rotatable bonds is 0. The second-order valence-corrected chi connectivity index (χ2v) is 8.80. The maximum atomic E-state index is 15.5. The van der Waals surface area contributed by atoms with Crippen LogP contribution >= 0.6 is 11.6 Å². The second-order valence-electron chi connectivity index (χ2n) is 8.27. The molecule has 11 atom stereocenters. The SMILES string of the molecule is FC1(Cl)C2C3CCC4C5C3C3C6C=CCC6C5N(C42)N31. The zero-order valence-corrected chi connectivity index (χ0v) is 12.0. The molecule has 8 fully saturated rings. The van der Waals surface area contributed by atoms with Crippen molar-refractivity contribution < 1.29 is 4.39 Å². The topological polar surface area (TPSA) is 6.48 Å². The van der Waals surface area contributed by atoms with Crippen molar-refractivity contribution in [1.29, 1.82) is 0 Å². The number of hydrogen-bond acceptors (Lipinski definition) is 2. The molecule has 0 aromatic carbocycles. The molecular formula is C16H18ClFN2. The van der Waals surface area contributed by atoms with Gasteiger partial charge in [-0.25, -0.2) is 9.40 Å². The standard InChI is InChI=1S/C16H18ClFN2/c17-16(18)12-8-4-5-9-11-10(8)14-7-3-1-2-6(7)13(11)19(15(9)12)20(14)16/h1,3,6-15H,2,4-5H2. The molecule has 4 saturated carbocycles. The first-order valence-electron chi connectivity index (χ1n) is 8.33. The third-order valence-electron chi connectivity index (χ3n) is 8.27. The lowest BCUT2D eigenvalue weighted by molar-refractivity contribution is -0.276. The quantitative estimate of drug-likeness (QED) is 0.385. The summed E-state index contributed by atoms with van der Waals surface area (Å²) < 4.78 is 15.5.